The Labute approximate surface area is 117 Å². The maximum absolute atomic E-state index is 13.3. The molecule has 2 rings (SSSR count). The number of nitro benzene ring substituents is 1. The molecule has 0 unspecified atom stereocenters. The normalized spacial score (nSPS) is 10.4. The van der Waals surface area contributed by atoms with Crippen LogP contribution in [0.2, 0.25) is 0 Å². The molecular formula is C11H10FN5O2S. The van der Waals surface area contributed by atoms with Crippen LogP contribution < -0.4 is 11.5 Å². The lowest BCUT2D eigenvalue weighted by Gasteiger charge is -2.03. The summed E-state index contributed by atoms with van der Waals surface area (Å²) in [7, 11) is 0. The molecule has 9 heteroatoms. The quantitative estimate of drug-likeness (QED) is 0.383. The number of benzene rings is 1. The lowest BCUT2D eigenvalue weighted by atomic mass is 10.2. The zero-order chi connectivity index (χ0) is 14.7. The van der Waals surface area contributed by atoms with Crippen molar-refractivity contribution in [2.75, 3.05) is 11.5 Å². The molecule has 1 heterocycles. The number of rotatable bonds is 4. The van der Waals surface area contributed by atoms with Crippen molar-refractivity contribution in [1.82, 2.24) is 9.97 Å². The summed E-state index contributed by atoms with van der Waals surface area (Å²) in [5, 5.41) is 11.0. The third-order valence-electron chi connectivity index (χ3n) is 2.27. The van der Waals surface area contributed by atoms with E-state index < -0.39 is 10.7 Å². The van der Waals surface area contributed by atoms with Gasteiger partial charge in [-0.25, -0.2) is 14.4 Å². The molecule has 0 fully saturated rings. The molecule has 1 aromatic carbocycles. The molecule has 0 atom stereocenters. The van der Waals surface area contributed by atoms with Gasteiger partial charge in [0.25, 0.3) is 5.69 Å². The first-order valence-corrected chi connectivity index (χ1v) is 6.39. The van der Waals surface area contributed by atoms with E-state index in [9.17, 15) is 14.5 Å². The van der Waals surface area contributed by atoms with Crippen LogP contribution >= 0.6 is 11.8 Å². The molecule has 2 aromatic rings. The molecule has 0 bridgehead atoms. The van der Waals surface area contributed by atoms with Crippen LogP contribution in [0.15, 0.2) is 29.4 Å². The second-order valence-electron chi connectivity index (χ2n) is 3.86. The minimum absolute atomic E-state index is 0.227. The van der Waals surface area contributed by atoms with Gasteiger partial charge in [0, 0.05) is 17.9 Å². The first-order chi connectivity index (χ1) is 9.44. The lowest BCUT2D eigenvalue weighted by molar-refractivity contribution is -0.385. The van der Waals surface area contributed by atoms with E-state index in [1.807, 2.05) is 0 Å². The van der Waals surface area contributed by atoms with Gasteiger partial charge in [0.1, 0.15) is 17.5 Å². The Bertz CT molecular complexity index is 647. The summed E-state index contributed by atoms with van der Waals surface area (Å²) in [5.74, 6) is 0.0554. The van der Waals surface area contributed by atoms with Crippen molar-refractivity contribution in [3.8, 4) is 0 Å². The predicted molar refractivity (Wildman–Crippen MR) is 73.5 cm³/mol. The van der Waals surface area contributed by atoms with Crippen molar-refractivity contribution in [2.45, 2.75) is 10.9 Å². The third-order valence-corrected chi connectivity index (χ3v) is 3.18. The molecule has 0 aliphatic rings. The van der Waals surface area contributed by atoms with Crippen LogP contribution in [0.1, 0.15) is 5.56 Å². The smallest absolute Gasteiger partial charge is 0.272 e. The Kier molecular flexibility index (Phi) is 3.99. The highest BCUT2D eigenvalue weighted by Crippen LogP contribution is 2.24. The number of hydrogen-bond donors (Lipinski definition) is 2. The average Bonchev–Trinajstić information content (AvgIpc) is 2.34. The number of anilines is 2. The van der Waals surface area contributed by atoms with Crippen LogP contribution in [-0.4, -0.2) is 14.9 Å². The zero-order valence-corrected chi connectivity index (χ0v) is 10.9. The van der Waals surface area contributed by atoms with E-state index in [-0.39, 0.29) is 23.1 Å². The number of nitro groups is 1. The summed E-state index contributed by atoms with van der Waals surface area (Å²) in [5.41, 5.74) is 11.2. The Balaban J connectivity index is 2.16. The molecule has 0 aliphatic carbocycles. The van der Waals surface area contributed by atoms with Crippen LogP contribution in [0.5, 0.6) is 0 Å². The number of thioether (sulfide) groups is 1. The summed E-state index contributed by atoms with van der Waals surface area (Å²) in [6.07, 6.45) is 0. The first-order valence-electron chi connectivity index (χ1n) is 5.41. The van der Waals surface area contributed by atoms with Gasteiger partial charge in [-0.2, -0.15) is 0 Å². The summed E-state index contributed by atoms with van der Waals surface area (Å²) in [4.78, 5) is 17.9. The van der Waals surface area contributed by atoms with Gasteiger partial charge < -0.3 is 11.5 Å². The van der Waals surface area contributed by atoms with Gasteiger partial charge in [0.15, 0.2) is 5.16 Å². The van der Waals surface area contributed by atoms with Crippen LogP contribution in [0.4, 0.5) is 21.7 Å². The van der Waals surface area contributed by atoms with Gasteiger partial charge >= 0.3 is 0 Å². The SMILES string of the molecule is Nc1cc(N)nc(SCc2cc(F)cc([N+](=O)[O-])c2)n1. The van der Waals surface area contributed by atoms with Gasteiger partial charge in [-0.05, 0) is 11.6 Å². The van der Waals surface area contributed by atoms with E-state index in [2.05, 4.69) is 9.97 Å². The van der Waals surface area contributed by atoms with Gasteiger partial charge in [0.2, 0.25) is 0 Å². The molecule has 4 N–H and O–H groups in total. The molecule has 0 amide bonds. The van der Waals surface area contributed by atoms with Crippen molar-refractivity contribution in [3.05, 3.63) is 45.8 Å². The molecule has 1 aromatic heterocycles. The number of hydrogen-bond acceptors (Lipinski definition) is 7. The second kappa shape index (κ2) is 5.70. The monoisotopic (exact) mass is 295 g/mol. The van der Waals surface area contributed by atoms with Crippen molar-refractivity contribution in [2.24, 2.45) is 0 Å². The summed E-state index contributed by atoms with van der Waals surface area (Å²) < 4.78 is 13.3. The maximum Gasteiger partial charge on any atom is 0.272 e. The van der Waals surface area contributed by atoms with Gasteiger partial charge in [0.05, 0.1) is 11.0 Å². The van der Waals surface area contributed by atoms with Crippen LogP contribution in [0, 0.1) is 15.9 Å². The predicted octanol–water partition coefficient (Wildman–Crippen LogP) is 1.98. The van der Waals surface area contributed by atoms with E-state index in [0.717, 1.165) is 17.8 Å². The van der Waals surface area contributed by atoms with Gasteiger partial charge in [-0.15, -0.1) is 0 Å². The van der Waals surface area contributed by atoms with E-state index in [0.29, 0.717) is 10.7 Å². The van der Waals surface area contributed by atoms with Crippen molar-refractivity contribution in [3.63, 3.8) is 0 Å². The second-order valence-corrected chi connectivity index (χ2v) is 4.81. The summed E-state index contributed by atoms with van der Waals surface area (Å²) >= 11 is 1.16. The van der Waals surface area contributed by atoms with E-state index in [1.165, 1.54) is 18.2 Å². The Morgan fingerprint density at radius 3 is 2.45 bits per heavy atom. The van der Waals surface area contributed by atoms with Gasteiger partial charge in [-0.3, -0.25) is 10.1 Å². The highest BCUT2D eigenvalue weighted by atomic mass is 32.2. The maximum atomic E-state index is 13.3. The number of nitrogens with zero attached hydrogens (tertiary/aromatic N) is 3. The number of non-ortho nitro benzene ring substituents is 1. The molecule has 0 saturated heterocycles. The largest absolute Gasteiger partial charge is 0.383 e. The molecule has 0 spiro atoms. The van der Waals surface area contributed by atoms with Crippen molar-refractivity contribution < 1.29 is 9.31 Å². The highest BCUT2D eigenvalue weighted by molar-refractivity contribution is 7.98. The summed E-state index contributed by atoms with van der Waals surface area (Å²) in [6.45, 7) is 0. The fraction of sp³-hybridized carbons (Fsp3) is 0.0909. The molecule has 104 valence electrons. The molecule has 20 heavy (non-hydrogen) atoms. The fourth-order valence-corrected chi connectivity index (χ4v) is 2.30. The van der Waals surface area contributed by atoms with E-state index in [4.69, 9.17) is 11.5 Å². The first kappa shape index (κ1) is 14.0. The standard InChI is InChI=1S/C11H10FN5O2S/c12-7-1-6(2-8(3-7)17(18)19)5-20-11-15-9(13)4-10(14)16-11/h1-4H,5H2,(H4,13,14,15,16). The Hall–Kier alpha value is -2.42. The van der Waals surface area contributed by atoms with Crippen molar-refractivity contribution in [1.29, 1.82) is 0 Å². The molecule has 0 radical (unpaired) electrons. The molecular weight excluding hydrogens is 285 g/mol. The molecule has 7 nitrogen and oxygen atoms in total. The van der Waals surface area contributed by atoms with Crippen LogP contribution in [0.3, 0.4) is 0 Å². The number of nitrogen functional groups attached to an aromatic ring is 2. The average molecular weight is 295 g/mol. The van der Waals surface area contributed by atoms with E-state index >= 15 is 0 Å². The minimum Gasteiger partial charge on any atom is -0.383 e. The highest BCUT2D eigenvalue weighted by Gasteiger charge is 2.11. The fourth-order valence-electron chi connectivity index (χ4n) is 1.50. The van der Waals surface area contributed by atoms with Crippen LogP contribution in [0.25, 0.3) is 0 Å². The van der Waals surface area contributed by atoms with Crippen molar-refractivity contribution >= 4 is 29.1 Å². The van der Waals surface area contributed by atoms with Gasteiger partial charge in [-0.1, -0.05) is 11.8 Å². The molecule has 0 saturated carbocycles. The number of aromatic nitrogens is 2. The molecule has 0 aliphatic heterocycles. The number of nitrogens with two attached hydrogens (primary N) is 2. The Morgan fingerprint density at radius 1 is 1.20 bits per heavy atom. The topological polar surface area (TPSA) is 121 Å². The minimum atomic E-state index is -0.664. The van der Waals surface area contributed by atoms with E-state index in [1.54, 1.807) is 0 Å². The third kappa shape index (κ3) is 3.54. The Morgan fingerprint density at radius 2 is 1.85 bits per heavy atom. The lowest BCUT2D eigenvalue weighted by Crippen LogP contribution is -1.99. The summed E-state index contributed by atoms with van der Waals surface area (Å²) in [6, 6.07) is 4.79. The number of halogens is 1. The van der Waals surface area contributed by atoms with Crippen LogP contribution in [-0.2, 0) is 5.75 Å². The zero-order valence-electron chi connectivity index (χ0n) is 10.1.